The van der Waals surface area contributed by atoms with Crippen LogP contribution in [0.3, 0.4) is 0 Å². The Morgan fingerprint density at radius 1 is 1.33 bits per heavy atom. The van der Waals surface area contributed by atoms with Gasteiger partial charge in [0, 0.05) is 0 Å². The second-order valence-corrected chi connectivity index (χ2v) is 2.82. The van der Waals surface area contributed by atoms with Crippen molar-refractivity contribution in [2.24, 2.45) is 0 Å². The van der Waals surface area contributed by atoms with Gasteiger partial charge in [-0.25, -0.2) is 4.39 Å². The maximum atomic E-state index is 12.5. The highest BCUT2D eigenvalue weighted by Gasteiger charge is 1.95. The van der Waals surface area contributed by atoms with Gasteiger partial charge in [0.2, 0.25) is 0 Å². The Hall–Kier alpha value is -0.420. The van der Waals surface area contributed by atoms with Gasteiger partial charge in [-0.1, -0.05) is 26.8 Å². The van der Waals surface area contributed by atoms with Gasteiger partial charge in [-0.15, -0.1) is 9.24 Å². The second-order valence-electron chi connectivity index (χ2n) is 2.20. The number of halogens is 1. The average Bonchev–Trinajstić information content (AvgIpc) is 2.13. The fourth-order valence-electron chi connectivity index (χ4n) is 0.881. The topological polar surface area (TPSA) is 0 Å². The average molecular weight is 186 g/mol. The molecule has 0 spiro atoms. The van der Waals surface area contributed by atoms with Gasteiger partial charge in [-0.05, 0) is 29.4 Å². The Labute approximate surface area is 76.4 Å². The van der Waals surface area contributed by atoms with Crippen LogP contribution in [0.5, 0.6) is 0 Å². The van der Waals surface area contributed by atoms with Crippen molar-refractivity contribution in [2.45, 2.75) is 27.2 Å². The summed E-state index contributed by atoms with van der Waals surface area (Å²) in [6, 6.07) is 4.82. The van der Waals surface area contributed by atoms with E-state index in [2.05, 4.69) is 9.24 Å². The molecule has 0 N–H and O–H groups in total. The van der Waals surface area contributed by atoms with Crippen molar-refractivity contribution in [3.8, 4) is 0 Å². The van der Waals surface area contributed by atoms with E-state index >= 15 is 0 Å². The molecule has 12 heavy (non-hydrogen) atoms. The van der Waals surface area contributed by atoms with Gasteiger partial charge in [-0.3, -0.25) is 0 Å². The molecule has 1 aromatic carbocycles. The molecule has 0 saturated heterocycles. The largest absolute Gasteiger partial charge is 0.207 e. The van der Waals surface area contributed by atoms with Crippen LogP contribution in [0.15, 0.2) is 18.2 Å². The lowest BCUT2D eigenvalue weighted by Crippen LogP contribution is -1.99. The van der Waals surface area contributed by atoms with Gasteiger partial charge >= 0.3 is 0 Å². The fraction of sp³-hybridized carbons (Fsp3) is 0.400. The molecule has 0 aliphatic carbocycles. The van der Waals surface area contributed by atoms with Crippen molar-refractivity contribution in [3.05, 3.63) is 29.6 Å². The standard InChI is InChI=1S/C8H10FP.C2H6/c1-2-6-5-7(9)3-4-8(6)10;1-2/h3-5H,2,10H2,1H3;1-2H3. The first-order valence-electron chi connectivity index (χ1n) is 4.28. The maximum Gasteiger partial charge on any atom is 0.123 e. The molecule has 0 nitrogen and oxygen atoms in total. The minimum atomic E-state index is -0.150. The number of aryl methyl sites for hydroxylation is 1. The van der Waals surface area contributed by atoms with Crippen LogP contribution in [-0.2, 0) is 6.42 Å². The molecule has 1 aromatic rings. The first kappa shape index (κ1) is 11.6. The van der Waals surface area contributed by atoms with E-state index in [0.717, 1.165) is 17.3 Å². The lowest BCUT2D eigenvalue weighted by molar-refractivity contribution is 0.626. The number of hydrogen-bond donors (Lipinski definition) is 0. The molecular formula is C10H16FP. The highest BCUT2D eigenvalue weighted by atomic mass is 31.0. The molecule has 1 unspecified atom stereocenters. The Bertz CT molecular complexity index is 233. The maximum absolute atomic E-state index is 12.5. The molecule has 2 heteroatoms. The summed E-state index contributed by atoms with van der Waals surface area (Å²) in [6.07, 6.45) is 0.886. The van der Waals surface area contributed by atoms with Crippen LogP contribution in [0.25, 0.3) is 0 Å². The van der Waals surface area contributed by atoms with Crippen molar-refractivity contribution in [1.82, 2.24) is 0 Å². The zero-order valence-corrected chi connectivity index (χ0v) is 9.05. The van der Waals surface area contributed by atoms with Gasteiger partial charge in [0.1, 0.15) is 5.82 Å². The summed E-state index contributed by atoms with van der Waals surface area (Å²) in [4.78, 5) is 0. The second kappa shape index (κ2) is 6.14. The van der Waals surface area contributed by atoms with E-state index in [1.807, 2.05) is 20.8 Å². The van der Waals surface area contributed by atoms with Crippen LogP contribution in [0, 0.1) is 5.82 Å². The number of hydrogen-bond acceptors (Lipinski definition) is 0. The third-order valence-electron chi connectivity index (χ3n) is 1.49. The van der Waals surface area contributed by atoms with E-state index < -0.39 is 0 Å². The van der Waals surface area contributed by atoms with E-state index in [9.17, 15) is 4.39 Å². The molecule has 68 valence electrons. The quantitative estimate of drug-likeness (QED) is 0.591. The Balaban J connectivity index is 0.000000561. The van der Waals surface area contributed by atoms with Crippen LogP contribution < -0.4 is 5.30 Å². The minimum absolute atomic E-state index is 0.150. The monoisotopic (exact) mass is 186 g/mol. The first-order chi connectivity index (χ1) is 5.74. The Morgan fingerprint density at radius 3 is 2.33 bits per heavy atom. The van der Waals surface area contributed by atoms with Gasteiger partial charge in [0.15, 0.2) is 0 Å². The normalized spacial score (nSPS) is 8.75. The van der Waals surface area contributed by atoms with Crippen molar-refractivity contribution in [3.63, 3.8) is 0 Å². The summed E-state index contributed by atoms with van der Waals surface area (Å²) >= 11 is 0. The molecule has 0 aliphatic heterocycles. The summed E-state index contributed by atoms with van der Waals surface area (Å²) in [5, 5.41) is 1.09. The van der Waals surface area contributed by atoms with Crippen LogP contribution in [-0.4, -0.2) is 0 Å². The third kappa shape index (κ3) is 3.32. The smallest absolute Gasteiger partial charge is 0.123 e. The van der Waals surface area contributed by atoms with Crippen molar-refractivity contribution in [2.75, 3.05) is 0 Å². The fourth-order valence-corrected chi connectivity index (χ4v) is 1.26. The summed E-state index contributed by atoms with van der Waals surface area (Å²) in [5.41, 5.74) is 1.06. The third-order valence-corrected chi connectivity index (χ3v) is 2.05. The van der Waals surface area contributed by atoms with Gasteiger partial charge in [0.05, 0.1) is 0 Å². The lowest BCUT2D eigenvalue weighted by Gasteiger charge is -2.00. The molecular weight excluding hydrogens is 170 g/mol. The minimum Gasteiger partial charge on any atom is -0.207 e. The highest BCUT2D eigenvalue weighted by Crippen LogP contribution is 2.04. The predicted octanol–water partition coefficient (Wildman–Crippen LogP) is 2.91. The van der Waals surface area contributed by atoms with E-state index in [1.165, 1.54) is 6.07 Å². The molecule has 0 fully saturated rings. The van der Waals surface area contributed by atoms with Crippen LogP contribution in [0.1, 0.15) is 26.3 Å². The molecule has 1 rings (SSSR count). The molecule has 0 aromatic heterocycles. The predicted molar refractivity (Wildman–Crippen MR) is 56.5 cm³/mol. The molecule has 0 saturated carbocycles. The number of benzene rings is 1. The molecule has 0 aliphatic rings. The van der Waals surface area contributed by atoms with Gasteiger partial charge in [-0.2, -0.15) is 0 Å². The van der Waals surface area contributed by atoms with Crippen LogP contribution >= 0.6 is 9.24 Å². The zero-order chi connectivity index (χ0) is 9.56. The summed E-state index contributed by atoms with van der Waals surface area (Å²) in [5.74, 6) is -0.150. The van der Waals surface area contributed by atoms with E-state index in [0.29, 0.717) is 0 Å². The summed E-state index contributed by atoms with van der Waals surface area (Å²) in [7, 11) is 2.59. The number of rotatable bonds is 1. The van der Waals surface area contributed by atoms with E-state index in [-0.39, 0.29) is 5.82 Å². The molecule has 0 radical (unpaired) electrons. The van der Waals surface area contributed by atoms with Crippen molar-refractivity contribution in [1.29, 1.82) is 0 Å². The Kier molecular flexibility index (Phi) is 5.92. The summed E-state index contributed by atoms with van der Waals surface area (Å²) < 4.78 is 12.5. The molecule has 0 heterocycles. The summed E-state index contributed by atoms with van der Waals surface area (Å²) in [6.45, 7) is 6.02. The van der Waals surface area contributed by atoms with Gasteiger partial charge in [0.25, 0.3) is 0 Å². The molecule has 0 bridgehead atoms. The highest BCUT2D eigenvalue weighted by molar-refractivity contribution is 7.27. The first-order valence-corrected chi connectivity index (χ1v) is 4.85. The van der Waals surface area contributed by atoms with Gasteiger partial charge < -0.3 is 0 Å². The zero-order valence-electron chi connectivity index (χ0n) is 7.89. The van der Waals surface area contributed by atoms with Crippen molar-refractivity contribution >= 4 is 14.5 Å². The van der Waals surface area contributed by atoms with Crippen LogP contribution in [0.2, 0.25) is 0 Å². The molecule has 1 atom stereocenters. The van der Waals surface area contributed by atoms with Crippen LogP contribution in [0.4, 0.5) is 4.39 Å². The SMILES string of the molecule is CC.CCc1cc(F)ccc1P. The Morgan fingerprint density at radius 2 is 1.92 bits per heavy atom. The lowest BCUT2D eigenvalue weighted by atomic mass is 10.2. The van der Waals surface area contributed by atoms with E-state index in [4.69, 9.17) is 0 Å². The van der Waals surface area contributed by atoms with Crippen molar-refractivity contribution < 1.29 is 4.39 Å². The molecule has 0 amide bonds. The van der Waals surface area contributed by atoms with E-state index in [1.54, 1.807) is 12.1 Å².